The third-order valence-electron chi connectivity index (χ3n) is 4.56. The summed E-state index contributed by atoms with van der Waals surface area (Å²) < 4.78 is 5.53. The van der Waals surface area contributed by atoms with E-state index >= 15 is 0 Å². The minimum atomic E-state index is -0.0691. The number of thioether (sulfide) groups is 1. The van der Waals surface area contributed by atoms with Gasteiger partial charge in [0.25, 0.3) is 0 Å². The molecule has 5 heteroatoms. The second kappa shape index (κ2) is 9.18. The molecule has 2 rings (SSSR count). The summed E-state index contributed by atoms with van der Waals surface area (Å²) in [7, 11) is 0. The molecular formula is C18H28N2O2S. The number of nitrogens with one attached hydrogen (secondary N) is 2. The van der Waals surface area contributed by atoms with E-state index in [1.54, 1.807) is 11.8 Å². The van der Waals surface area contributed by atoms with E-state index in [0.29, 0.717) is 6.54 Å². The van der Waals surface area contributed by atoms with E-state index in [4.69, 9.17) is 4.74 Å². The van der Waals surface area contributed by atoms with Gasteiger partial charge in [0.05, 0.1) is 0 Å². The highest BCUT2D eigenvalue weighted by atomic mass is 32.2. The highest BCUT2D eigenvalue weighted by molar-refractivity contribution is 7.98. The minimum Gasteiger partial charge on any atom is -0.381 e. The van der Waals surface area contributed by atoms with Gasteiger partial charge >= 0.3 is 6.03 Å². The van der Waals surface area contributed by atoms with Crippen molar-refractivity contribution in [3.05, 3.63) is 35.9 Å². The smallest absolute Gasteiger partial charge is 0.315 e. The van der Waals surface area contributed by atoms with Crippen molar-refractivity contribution in [3.63, 3.8) is 0 Å². The number of hydrogen-bond acceptors (Lipinski definition) is 3. The zero-order chi connectivity index (χ0) is 16.5. The minimum absolute atomic E-state index is 0.0145. The molecule has 128 valence electrons. The normalized spacial score (nSPS) is 18.2. The molecule has 0 unspecified atom stereocenters. The molecule has 0 spiro atoms. The van der Waals surface area contributed by atoms with Gasteiger partial charge in [-0.1, -0.05) is 30.3 Å². The first kappa shape index (κ1) is 18.1. The molecule has 23 heavy (non-hydrogen) atoms. The van der Waals surface area contributed by atoms with Crippen LogP contribution in [0.1, 0.15) is 31.7 Å². The third-order valence-corrected chi connectivity index (χ3v) is 5.20. The van der Waals surface area contributed by atoms with Crippen LogP contribution in [0.5, 0.6) is 0 Å². The summed E-state index contributed by atoms with van der Waals surface area (Å²) in [5.41, 5.74) is 1.28. The highest BCUT2D eigenvalue weighted by Crippen LogP contribution is 2.34. The molecule has 1 heterocycles. The topological polar surface area (TPSA) is 50.4 Å². The highest BCUT2D eigenvalue weighted by Gasteiger charge is 2.34. The van der Waals surface area contributed by atoms with E-state index < -0.39 is 0 Å². The monoisotopic (exact) mass is 336 g/mol. The zero-order valence-electron chi connectivity index (χ0n) is 14.1. The van der Waals surface area contributed by atoms with Crippen LogP contribution in [-0.2, 0) is 10.2 Å². The molecule has 1 aromatic rings. The number of rotatable bonds is 7. The lowest BCUT2D eigenvalue weighted by molar-refractivity contribution is 0.0506. The number of amides is 2. The third kappa shape index (κ3) is 5.43. The Bertz CT molecular complexity index is 475. The van der Waals surface area contributed by atoms with Crippen molar-refractivity contribution >= 4 is 17.8 Å². The second-order valence-electron chi connectivity index (χ2n) is 6.27. The molecule has 1 saturated heterocycles. The van der Waals surface area contributed by atoms with Crippen molar-refractivity contribution in [1.82, 2.24) is 10.6 Å². The Morgan fingerprint density at radius 3 is 2.65 bits per heavy atom. The first-order valence-corrected chi connectivity index (χ1v) is 9.72. The van der Waals surface area contributed by atoms with Crippen molar-refractivity contribution in [2.24, 2.45) is 0 Å². The van der Waals surface area contributed by atoms with Crippen LogP contribution in [-0.4, -0.2) is 43.8 Å². The van der Waals surface area contributed by atoms with Crippen LogP contribution in [0.15, 0.2) is 30.3 Å². The second-order valence-corrected chi connectivity index (χ2v) is 7.25. The van der Waals surface area contributed by atoms with Gasteiger partial charge < -0.3 is 15.4 Å². The average Bonchev–Trinajstić information content (AvgIpc) is 2.60. The molecule has 4 nitrogen and oxygen atoms in total. The van der Waals surface area contributed by atoms with Gasteiger partial charge in [0, 0.05) is 31.2 Å². The predicted octanol–water partition coefficient (Wildman–Crippen LogP) is 3.18. The van der Waals surface area contributed by atoms with Crippen LogP contribution in [0.25, 0.3) is 0 Å². The van der Waals surface area contributed by atoms with E-state index in [1.807, 2.05) is 6.07 Å². The Labute approximate surface area is 143 Å². The molecule has 2 N–H and O–H groups in total. The van der Waals surface area contributed by atoms with E-state index in [0.717, 1.165) is 38.2 Å². The Kier molecular flexibility index (Phi) is 7.24. The van der Waals surface area contributed by atoms with Gasteiger partial charge in [-0.2, -0.15) is 11.8 Å². The van der Waals surface area contributed by atoms with Crippen molar-refractivity contribution in [1.29, 1.82) is 0 Å². The summed E-state index contributed by atoms with van der Waals surface area (Å²) >= 11 is 1.80. The lowest BCUT2D eigenvalue weighted by atomic mass is 9.74. The Morgan fingerprint density at radius 1 is 1.30 bits per heavy atom. The number of carbonyl (C=O) groups is 1. The number of ether oxygens (including phenoxy) is 1. The van der Waals surface area contributed by atoms with Crippen molar-refractivity contribution in [2.75, 3.05) is 31.8 Å². The molecule has 0 aliphatic carbocycles. The molecule has 1 fully saturated rings. The Morgan fingerprint density at radius 2 is 2.00 bits per heavy atom. The number of benzene rings is 1. The zero-order valence-corrected chi connectivity index (χ0v) is 15.0. The summed E-state index contributed by atoms with van der Waals surface area (Å²) in [6.07, 6.45) is 4.96. The van der Waals surface area contributed by atoms with Crippen LogP contribution in [0, 0.1) is 0 Å². The summed E-state index contributed by atoms with van der Waals surface area (Å²) in [6.45, 7) is 4.21. The Hall–Kier alpha value is -1.20. The first-order valence-electron chi connectivity index (χ1n) is 8.33. The fourth-order valence-electron chi connectivity index (χ4n) is 3.01. The lowest BCUT2D eigenvalue weighted by Gasteiger charge is -2.38. The van der Waals surface area contributed by atoms with E-state index in [-0.39, 0.29) is 17.5 Å². The summed E-state index contributed by atoms with van der Waals surface area (Å²) in [5.74, 6) is 1.06. The van der Waals surface area contributed by atoms with E-state index in [2.05, 4.69) is 48.1 Å². The van der Waals surface area contributed by atoms with Gasteiger partial charge in [-0.3, -0.25) is 0 Å². The maximum atomic E-state index is 12.2. The van der Waals surface area contributed by atoms with Gasteiger partial charge in [-0.25, -0.2) is 4.79 Å². The van der Waals surface area contributed by atoms with E-state index in [1.165, 1.54) is 5.56 Å². The SMILES string of the molecule is CSCC[C@H](C)NC(=O)NCC1(c2ccccc2)CCOCC1. The van der Waals surface area contributed by atoms with Crippen LogP contribution in [0.2, 0.25) is 0 Å². The van der Waals surface area contributed by atoms with Crippen LogP contribution >= 0.6 is 11.8 Å². The fraction of sp³-hybridized carbons (Fsp3) is 0.611. The fourth-order valence-corrected chi connectivity index (χ4v) is 3.60. The summed E-state index contributed by atoms with van der Waals surface area (Å²) in [5, 5.41) is 6.11. The van der Waals surface area contributed by atoms with Gasteiger partial charge in [0.15, 0.2) is 0 Å². The van der Waals surface area contributed by atoms with Gasteiger partial charge in [0.1, 0.15) is 0 Å². The molecule has 1 atom stereocenters. The van der Waals surface area contributed by atoms with E-state index in [9.17, 15) is 4.79 Å². The molecule has 0 saturated carbocycles. The first-order chi connectivity index (χ1) is 11.2. The van der Waals surface area contributed by atoms with Crippen LogP contribution in [0.4, 0.5) is 4.79 Å². The predicted molar refractivity (Wildman–Crippen MR) is 97.2 cm³/mol. The van der Waals surface area contributed by atoms with Gasteiger partial charge in [0.2, 0.25) is 0 Å². The quantitative estimate of drug-likeness (QED) is 0.804. The molecule has 0 radical (unpaired) electrons. The average molecular weight is 337 g/mol. The lowest BCUT2D eigenvalue weighted by Crippen LogP contribution is -2.49. The molecule has 1 aromatic carbocycles. The molecule has 0 bridgehead atoms. The molecule has 1 aliphatic rings. The summed E-state index contributed by atoms with van der Waals surface area (Å²) in [6, 6.07) is 10.6. The van der Waals surface area contributed by atoms with Gasteiger partial charge in [-0.15, -0.1) is 0 Å². The molecule has 2 amide bonds. The number of carbonyl (C=O) groups excluding carboxylic acids is 1. The number of urea groups is 1. The largest absolute Gasteiger partial charge is 0.381 e. The number of hydrogen-bond donors (Lipinski definition) is 2. The van der Waals surface area contributed by atoms with Crippen LogP contribution in [0.3, 0.4) is 0 Å². The standard InChI is InChI=1S/C18H28N2O2S/c1-15(8-13-23-2)20-17(21)19-14-18(9-11-22-12-10-18)16-6-4-3-5-7-16/h3-7,15H,8-14H2,1-2H3,(H2,19,20,21)/t15-/m0/s1. The molecule has 0 aromatic heterocycles. The summed E-state index contributed by atoms with van der Waals surface area (Å²) in [4.78, 5) is 12.2. The maximum Gasteiger partial charge on any atom is 0.315 e. The molecular weight excluding hydrogens is 308 g/mol. The Balaban J connectivity index is 1.93. The van der Waals surface area contributed by atoms with Crippen molar-refractivity contribution in [3.8, 4) is 0 Å². The van der Waals surface area contributed by atoms with Crippen molar-refractivity contribution < 1.29 is 9.53 Å². The maximum absolute atomic E-state index is 12.2. The van der Waals surface area contributed by atoms with Crippen molar-refractivity contribution in [2.45, 2.75) is 37.6 Å². The van der Waals surface area contributed by atoms with Gasteiger partial charge in [-0.05, 0) is 43.8 Å². The van der Waals surface area contributed by atoms with Crippen LogP contribution < -0.4 is 10.6 Å². The molecule has 1 aliphatic heterocycles.